The van der Waals surface area contributed by atoms with E-state index in [4.69, 9.17) is 27.9 Å². The molecule has 2 heterocycles. The Balaban J connectivity index is 1.29. The highest BCUT2D eigenvalue weighted by Crippen LogP contribution is 2.24. The maximum absolute atomic E-state index is 13.4. The average Bonchev–Trinajstić information content (AvgIpc) is 3.23. The summed E-state index contributed by atoms with van der Waals surface area (Å²) in [5.41, 5.74) is 0.923. The molecular formula is C21H20Cl2FN3O3S2. The van der Waals surface area contributed by atoms with Crippen LogP contribution in [0.1, 0.15) is 10.7 Å². The molecular weight excluding hydrogens is 496 g/mol. The summed E-state index contributed by atoms with van der Waals surface area (Å²) in [6, 6.07) is 10.6. The van der Waals surface area contributed by atoms with E-state index < -0.39 is 15.8 Å². The van der Waals surface area contributed by atoms with Gasteiger partial charge < -0.3 is 4.74 Å². The van der Waals surface area contributed by atoms with Crippen LogP contribution >= 0.6 is 34.5 Å². The molecule has 0 atom stereocenters. The Morgan fingerprint density at radius 3 is 2.47 bits per heavy atom. The van der Waals surface area contributed by atoms with Gasteiger partial charge in [0.15, 0.2) is 0 Å². The number of ether oxygens (including phenoxy) is 1. The van der Waals surface area contributed by atoms with Gasteiger partial charge in [0, 0.05) is 43.1 Å². The average molecular weight is 516 g/mol. The third kappa shape index (κ3) is 5.59. The molecule has 0 N–H and O–H groups in total. The summed E-state index contributed by atoms with van der Waals surface area (Å²) < 4.78 is 46.1. The third-order valence-corrected chi connectivity index (χ3v) is 8.33. The van der Waals surface area contributed by atoms with Gasteiger partial charge in [-0.3, -0.25) is 4.90 Å². The molecule has 0 spiro atoms. The summed E-state index contributed by atoms with van der Waals surface area (Å²) in [5.74, 6) is 0.0857. The highest BCUT2D eigenvalue weighted by molar-refractivity contribution is 7.89. The first-order valence-electron chi connectivity index (χ1n) is 9.80. The van der Waals surface area contributed by atoms with E-state index in [0.29, 0.717) is 44.4 Å². The van der Waals surface area contributed by atoms with Crippen LogP contribution in [0, 0.1) is 5.82 Å². The van der Waals surface area contributed by atoms with Crippen molar-refractivity contribution in [2.75, 3.05) is 26.2 Å². The Morgan fingerprint density at radius 1 is 1.06 bits per heavy atom. The van der Waals surface area contributed by atoms with E-state index in [1.165, 1.54) is 21.7 Å². The molecule has 0 aliphatic carbocycles. The molecule has 0 saturated carbocycles. The van der Waals surface area contributed by atoms with E-state index in [1.54, 1.807) is 12.1 Å². The summed E-state index contributed by atoms with van der Waals surface area (Å²) in [6.45, 7) is 2.83. The van der Waals surface area contributed by atoms with Gasteiger partial charge in [0.05, 0.1) is 15.6 Å². The first kappa shape index (κ1) is 23.4. The number of halogens is 3. The van der Waals surface area contributed by atoms with E-state index in [-0.39, 0.29) is 9.92 Å². The molecule has 0 amide bonds. The van der Waals surface area contributed by atoms with Crippen molar-refractivity contribution < 1.29 is 17.5 Å². The molecule has 4 rings (SSSR count). The zero-order valence-electron chi connectivity index (χ0n) is 16.9. The molecule has 6 nitrogen and oxygen atoms in total. The van der Waals surface area contributed by atoms with E-state index in [9.17, 15) is 12.8 Å². The number of hydrogen-bond acceptors (Lipinski definition) is 6. The summed E-state index contributed by atoms with van der Waals surface area (Å²) in [6.07, 6.45) is 0. The predicted molar refractivity (Wildman–Crippen MR) is 123 cm³/mol. The van der Waals surface area contributed by atoms with Gasteiger partial charge in [-0.05, 0) is 42.5 Å². The lowest BCUT2D eigenvalue weighted by Gasteiger charge is -2.33. The number of piperazine rings is 1. The van der Waals surface area contributed by atoms with Gasteiger partial charge >= 0.3 is 0 Å². The number of aromatic nitrogens is 1. The predicted octanol–water partition coefficient (Wildman–Crippen LogP) is 4.67. The normalized spacial score (nSPS) is 15.7. The minimum absolute atomic E-state index is 0.00202. The molecule has 11 heteroatoms. The second-order valence-electron chi connectivity index (χ2n) is 7.23. The van der Waals surface area contributed by atoms with Crippen LogP contribution in [0.4, 0.5) is 4.39 Å². The molecule has 1 aliphatic rings. The Hall–Kier alpha value is -1.75. The van der Waals surface area contributed by atoms with Crippen molar-refractivity contribution in [2.24, 2.45) is 0 Å². The van der Waals surface area contributed by atoms with Gasteiger partial charge in [0.1, 0.15) is 23.2 Å². The van der Waals surface area contributed by atoms with Crippen molar-refractivity contribution >= 4 is 44.6 Å². The Bertz CT molecular complexity index is 1180. The van der Waals surface area contributed by atoms with E-state index in [1.807, 2.05) is 17.5 Å². The number of rotatable bonds is 7. The van der Waals surface area contributed by atoms with Gasteiger partial charge in [-0.2, -0.15) is 4.31 Å². The first-order valence-corrected chi connectivity index (χ1v) is 12.9. The fourth-order valence-electron chi connectivity index (χ4n) is 3.31. The summed E-state index contributed by atoms with van der Waals surface area (Å²) in [7, 11) is -3.71. The van der Waals surface area contributed by atoms with Crippen LogP contribution in [-0.2, 0) is 23.2 Å². The van der Waals surface area contributed by atoms with Crippen LogP contribution < -0.4 is 4.74 Å². The van der Waals surface area contributed by atoms with E-state index in [2.05, 4.69) is 9.88 Å². The summed E-state index contributed by atoms with van der Waals surface area (Å²) in [4.78, 5) is 6.77. The van der Waals surface area contributed by atoms with Crippen molar-refractivity contribution in [3.8, 4) is 5.75 Å². The van der Waals surface area contributed by atoms with E-state index >= 15 is 0 Å². The second kappa shape index (κ2) is 10.0. The minimum Gasteiger partial charge on any atom is -0.486 e. The molecule has 1 aromatic heterocycles. The van der Waals surface area contributed by atoms with Gasteiger partial charge in [0.25, 0.3) is 0 Å². The highest BCUT2D eigenvalue weighted by atomic mass is 35.5. The molecule has 0 radical (unpaired) electrons. The van der Waals surface area contributed by atoms with Gasteiger partial charge in [-0.15, -0.1) is 11.3 Å². The number of hydrogen-bond donors (Lipinski definition) is 0. The molecule has 3 aromatic rings. The molecule has 1 fully saturated rings. The van der Waals surface area contributed by atoms with Gasteiger partial charge in [0.2, 0.25) is 10.0 Å². The minimum atomic E-state index is -3.71. The lowest BCUT2D eigenvalue weighted by atomic mass is 10.3. The zero-order valence-corrected chi connectivity index (χ0v) is 20.0. The maximum atomic E-state index is 13.4. The monoisotopic (exact) mass is 515 g/mol. The standard InChI is InChI=1S/C21H20Cl2FN3O3S2/c22-15-1-3-17(4-2-15)30-13-21-25-16(14-31-21)12-26-7-9-27(10-8-26)32(28,29)18-5-6-20(24)19(23)11-18/h1-6,11,14H,7-10,12-13H2. The fraction of sp³-hybridized carbons (Fsp3) is 0.286. The molecule has 170 valence electrons. The van der Waals surface area contributed by atoms with Crippen LogP contribution in [0.25, 0.3) is 0 Å². The number of benzene rings is 2. The molecule has 1 aliphatic heterocycles. The number of sulfonamides is 1. The smallest absolute Gasteiger partial charge is 0.243 e. The van der Waals surface area contributed by atoms with Crippen molar-refractivity contribution in [1.29, 1.82) is 0 Å². The van der Waals surface area contributed by atoms with Crippen LogP contribution in [0.15, 0.2) is 52.7 Å². The Labute approximate surface area is 200 Å². The largest absolute Gasteiger partial charge is 0.486 e. The summed E-state index contributed by atoms with van der Waals surface area (Å²) >= 11 is 13.2. The lowest BCUT2D eigenvalue weighted by Crippen LogP contribution is -2.48. The van der Waals surface area contributed by atoms with Crippen molar-refractivity contribution in [3.05, 3.63) is 74.4 Å². The number of thiazole rings is 1. The lowest BCUT2D eigenvalue weighted by molar-refractivity contribution is 0.180. The maximum Gasteiger partial charge on any atom is 0.243 e. The highest BCUT2D eigenvalue weighted by Gasteiger charge is 2.29. The van der Waals surface area contributed by atoms with E-state index in [0.717, 1.165) is 28.6 Å². The molecule has 0 bridgehead atoms. The topological polar surface area (TPSA) is 62.7 Å². The van der Waals surface area contributed by atoms with Crippen LogP contribution in [0.2, 0.25) is 10.0 Å². The first-order chi connectivity index (χ1) is 15.3. The van der Waals surface area contributed by atoms with Gasteiger partial charge in [-0.1, -0.05) is 23.2 Å². The number of nitrogens with zero attached hydrogens (tertiary/aromatic N) is 3. The quantitative estimate of drug-likeness (QED) is 0.457. The van der Waals surface area contributed by atoms with Gasteiger partial charge in [-0.25, -0.2) is 17.8 Å². The summed E-state index contributed by atoms with van der Waals surface area (Å²) in [5, 5.41) is 3.31. The SMILES string of the molecule is O=S(=O)(c1ccc(F)c(Cl)c1)N1CCN(Cc2csc(COc3ccc(Cl)cc3)n2)CC1. The molecule has 2 aromatic carbocycles. The van der Waals surface area contributed by atoms with Crippen molar-refractivity contribution in [1.82, 2.24) is 14.2 Å². The van der Waals surface area contributed by atoms with Crippen LogP contribution in [0.5, 0.6) is 5.75 Å². The van der Waals surface area contributed by atoms with Crippen LogP contribution in [-0.4, -0.2) is 48.8 Å². The Morgan fingerprint density at radius 2 is 1.78 bits per heavy atom. The molecule has 1 saturated heterocycles. The zero-order chi connectivity index (χ0) is 22.7. The second-order valence-corrected chi connectivity index (χ2v) is 11.0. The fourth-order valence-corrected chi connectivity index (χ4v) is 5.82. The van der Waals surface area contributed by atoms with Crippen molar-refractivity contribution in [3.63, 3.8) is 0 Å². The molecule has 0 unspecified atom stereocenters. The molecule has 32 heavy (non-hydrogen) atoms. The Kier molecular flexibility index (Phi) is 7.34. The third-order valence-electron chi connectivity index (χ3n) is 5.02. The van der Waals surface area contributed by atoms with Crippen molar-refractivity contribution in [2.45, 2.75) is 18.0 Å². The van der Waals surface area contributed by atoms with Crippen LogP contribution in [0.3, 0.4) is 0 Å².